The van der Waals surface area contributed by atoms with Gasteiger partial charge in [-0.05, 0) is 34.1 Å². The Balaban J connectivity index is 2.31. The Kier molecular flexibility index (Phi) is 2.23. The maximum Gasteiger partial charge on any atom is 0.182 e. The zero-order valence-electron chi connectivity index (χ0n) is 8.57. The van der Waals surface area contributed by atoms with E-state index in [-0.39, 0.29) is 0 Å². The number of aromatic nitrogens is 2. The van der Waals surface area contributed by atoms with Crippen molar-refractivity contribution in [2.75, 3.05) is 0 Å². The fourth-order valence-electron chi connectivity index (χ4n) is 1.79. The molecule has 0 aliphatic carbocycles. The van der Waals surface area contributed by atoms with Gasteiger partial charge in [0.15, 0.2) is 16.8 Å². The first-order valence-corrected chi connectivity index (χ1v) is 5.69. The highest BCUT2D eigenvalue weighted by molar-refractivity contribution is 9.10. The molecule has 17 heavy (non-hydrogen) atoms. The Bertz CT molecular complexity index is 736. The lowest BCUT2D eigenvalue weighted by atomic mass is 10.1. The van der Waals surface area contributed by atoms with Crippen LogP contribution in [-0.2, 0) is 0 Å². The van der Waals surface area contributed by atoms with Crippen LogP contribution in [0, 0.1) is 11.3 Å². The lowest BCUT2D eigenvalue weighted by molar-refractivity contribution is 0.572. The molecule has 0 radical (unpaired) electrons. The second-order valence-corrected chi connectivity index (χ2v) is 4.30. The number of nitrogens with zero attached hydrogens (tertiary/aromatic N) is 2. The van der Waals surface area contributed by atoms with Gasteiger partial charge in [0.2, 0.25) is 0 Å². The summed E-state index contributed by atoms with van der Waals surface area (Å²) in [5, 5.41) is 9.85. The van der Waals surface area contributed by atoms with E-state index in [4.69, 9.17) is 9.68 Å². The minimum Gasteiger partial charge on any atom is -0.442 e. The molecule has 0 aliphatic rings. The summed E-state index contributed by atoms with van der Waals surface area (Å²) >= 11 is 3.33. The molecule has 5 heteroatoms. The minimum absolute atomic E-state index is 0.619. The normalized spacial score (nSPS) is 10.6. The first-order chi connectivity index (χ1) is 8.29. The quantitative estimate of drug-likeness (QED) is 0.745. The molecule has 0 spiro atoms. The van der Waals surface area contributed by atoms with Gasteiger partial charge in [0, 0.05) is 22.7 Å². The molecule has 0 saturated heterocycles. The minimum atomic E-state index is 0.619. The van der Waals surface area contributed by atoms with Crippen LogP contribution in [0.5, 0.6) is 0 Å². The molecule has 2 heterocycles. The zero-order valence-corrected chi connectivity index (χ0v) is 10.2. The second kappa shape index (κ2) is 3.75. The molecule has 4 nitrogen and oxygen atoms in total. The molecule has 0 saturated carbocycles. The average molecular weight is 288 g/mol. The third-order valence-corrected chi connectivity index (χ3v) is 3.14. The summed E-state index contributed by atoms with van der Waals surface area (Å²) in [6, 6.07) is 7.61. The van der Waals surface area contributed by atoms with Crippen molar-refractivity contribution in [3.8, 4) is 17.4 Å². The third kappa shape index (κ3) is 1.54. The van der Waals surface area contributed by atoms with E-state index in [9.17, 15) is 0 Å². The van der Waals surface area contributed by atoms with Gasteiger partial charge >= 0.3 is 0 Å². The topological polar surface area (TPSA) is 65.6 Å². The number of rotatable bonds is 1. The van der Waals surface area contributed by atoms with Gasteiger partial charge in [-0.1, -0.05) is 0 Å². The van der Waals surface area contributed by atoms with Crippen LogP contribution in [0.25, 0.3) is 22.2 Å². The number of aromatic amines is 1. The number of halogens is 1. The van der Waals surface area contributed by atoms with Crippen molar-refractivity contribution in [1.29, 1.82) is 5.26 Å². The Hall–Kier alpha value is -2.06. The van der Waals surface area contributed by atoms with Crippen molar-refractivity contribution in [2.45, 2.75) is 0 Å². The van der Waals surface area contributed by atoms with Crippen LogP contribution in [-0.4, -0.2) is 9.97 Å². The molecule has 0 unspecified atom stereocenters. The molecule has 3 rings (SSSR count). The SMILES string of the molecule is N#Cc1ccc2[nH]cc(-c3ocnc3Br)c2c1. The molecule has 0 fully saturated rings. The van der Waals surface area contributed by atoms with Gasteiger partial charge in [0.05, 0.1) is 11.6 Å². The van der Waals surface area contributed by atoms with Crippen molar-refractivity contribution in [2.24, 2.45) is 0 Å². The van der Waals surface area contributed by atoms with E-state index in [0.29, 0.717) is 15.9 Å². The smallest absolute Gasteiger partial charge is 0.182 e. The van der Waals surface area contributed by atoms with E-state index in [0.717, 1.165) is 16.5 Å². The van der Waals surface area contributed by atoms with Gasteiger partial charge in [0.1, 0.15) is 0 Å². The molecule has 82 valence electrons. The number of fused-ring (bicyclic) bond motifs is 1. The summed E-state index contributed by atoms with van der Waals surface area (Å²) in [4.78, 5) is 7.13. The maximum atomic E-state index is 8.91. The van der Waals surface area contributed by atoms with Crippen LogP contribution in [0.3, 0.4) is 0 Å². The molecular weight excluding hydrogens is 282 g/mol. The number of hydrogen-bond acceptors (Lipinski definition) is 3. The molecule has 0 bridgehead atoms. The highest BCUT2D eigenvalue weighted by Gasteiger charge is 2.13. The lowest BCUT2D eigenvalue weighted by Gasteiger charge is -1.95. The second-order valence-electron chi connectivity index (χ2n) is 3.55. The Morgan fingerprint density at radius 3 is 3.00 bits per heavy atom. The number of nitrogens with one attached hydrogen (secondary N) is 1. The standard InChI is InChI=1S/C12H6BrN3O/c13-12-11(17-6-16-12)9-5-15-10-2-1-7(4-14)3-8(9)10/h1-3,5-6,15H. The van der Waals surface area contributed by atoms with Crippen LogP contribution in [0.4, 0.5) is 0 Å². The number of hydrogen-bond donors (Lipinski definition) is 1. The molecule has 0 aliphatic heterocycles. The number of oxazole rings is 1. The first kappa shape index (κ1) is 10.1. The van der Waals surface area contributed by atoms with Gasteiger partial charge in [-0.3, -0.25) is 0 Å². The summed E-state index contributed by atoms with van der Waals surface area (Å²) in [6.07, 6.45) is 3.23. The molecular formula is C12H6BrN3O. The van der Waals surface area contributed by atoms with Gasteiger partial charge in [-0.15, -0.1) is 0 Å². The van der Waals surface area contributed by atoms with Gasteiger partial charge in [-0.2, -0.15) is 5.26 Å². The third-order valence-electron chi connectivity index (χ3n) is 2.58. The first-order valence-electron chi connectivity index (χ1n) is 4.90. The summed E-state index contributed by atoms with van der Waals surface area (Å²) < 4.78 is 5.98. The van der Waals surface area contributed by atoms with E-state index >= 15 is 0 Å². The number of benzene rings is 1. The Labute approximate surface area is 105 Å². The van der Waals surface area contributed by atoms with E-state index in [2.05, 4.69) is 32.0 Å². The van der Waals surface area contributed by atoms with Gasteiger partial charge in [-0.25, -0.2) is 4.98 Å². The fourth-order valence-corrected chi connectivity index (χ4v) is 2.18. The molecule has 1 N–H and O–H groups in total. The van der Waals surface area contributed by atoms with Crippen LogP contribution in [0.1, 0.15) is 5.56 Å². The zero-order chi connectivity index (χ0) is 11.8. The predicted molar refractivity (Wildman–Crippen MR) is 66.2 cm³/mol. The molecule has 0 amide bonds. The van der Waals surface area contributed by atoms with E-state index in [1.165, 1.54) is 6.39 Å². The van der Waals surface area contributed by atoms with Crippen molar-refractivity contribution >= 4 is 26.8 Å². The molecule has 0 atom stereocenters. The molecule has 2 aromatic heterocycles. The Morgan fingerprint density at radius 1 is 1.41 bits per heavy atom. The summed E-state index contributed by atoms with van der Waals surface area (Å²) in [7, 11) is 0. The van der Waals surface area contributed by atoms with Crippen LogP contribution in [0.2, 0.25) is 0 Å². The van der Waals surface area contributed by atoms with Crippen LogP contribution in [0.15, 0.2) is 39.8 Å². The van der Waals surface area contributed by atoms with Crippen LogP contribution >= 0.6 is 15.9 Å². The molecule has 1 aromatic carbocycles. The largest absolute Gasteiger partial charge is 0.442 e. The summed E-state index contributed by atoms with van der Waals surface area (Å²) in [5.41, 5.74) is 2.47. The highest BCUT2D eigenvalue weighted by atomic mass is 79.9. The van der Waals surface area contributed by atoms with Gasteiger partial charge in [0.25, 0.3) is 0 Å². The van der Waals surface area contributed by atoms with Crippen molar-refractivity contribution in [1.82, 2.24) is 9.97 Å². The number of H-pyrrole nitrogens is 1. The number of nitriles is 1. The van der Waals surface area contributed by atoms with Gasteiger partial charge < -0.3 is 9.40 Å². The monoisotopic (exact) mass is 287 g/mol. The fraction of sp³-hybridized carbons (Fsp3) is 0. The van der Waals surface area contributed by atoms with Crippen LogP contribution < -0.4 is 0 Å². The highest BCUT2D eigenvalue weighted by Crippen LogP contribution is 2.33. The summed E-state index contributed by atoms with van der Waals surface area (Å²) in [5.74, 6) is 0.659. The predicted octanol–water partition coefficient (Wildman–Crippen LogP) is 3.46. The molecule has 3 aromatic rings. The maximum absolute atomic E-state index is 8.91. The van der Waals surface area contributed by atoms with Crippen molar-refractivity contribution in [3.05, 3.63) is 41.0 Å². The van der Waals surface area contributed by atoms with E-state index in [1.54, 1.807) is 6.07 Å². The Morgan fingerprint density at radius 2 is 2.29 bits per heavy atom. The van der Waals surface area contributed by atoms with E-state index < -0.39 is 0 Å². The van der Waals surface area contributed by atoms with Crippen molar-refractivity contribution < 1.29 is 4.42 Å². The van der Waals surface area contributed by atoms with E-state index in [1.807, 2.05) is 18.3 Å². The van der Waals surface area contributed by atoms with Crippen molar-refractivity contribution in [3.63, 3.8) is 0 Å². The summed E-state index contributed by atoms with van der Waals surface area (Å²) in [6.45, 7) is 0. The lowest BCUT2D eigenvalue weighted by Crippen LogP contribution is -1.76. The average Bonchev–Trinajstić information content (AvgIpc) is 2.94.